The Morgan fingerprint density at radius 1 is 1.21 bits per heavy atom. The van der Waals surface area contributed by atoms with E-state index in [2.05, 4.69) is 10.3 Å². The highest BCUT2D eigenvalue weighted by molar-refractivity contribution is 6.34. The number of hydrogen-bond acceptors (Lipinski definition) is 6. The molecule has 3 aliphatic rings. The Balaban J connectivity index is 1.57. The molecular formula is C24H28ClF4N5O4. The number of morpholine rings is 1. The molecule has 3 fully saturated rings. The van der Waals surface area contributed by atoms with Crippen LogP contribution in [0.15, 0.2) is 4.79 Å². The maximum absolute atomic E-state index is 14.4. The van der Waals surface area contributed by atoms with Crippen LogP contribution in [-0.4, -0.2) is 84.3 Å². The summed E-state index contributed by atoms with van der Waals surface area (Å²) >= 11 is 6.04. The number of carbonyl (C=O) groups excluding carboxylic acids is 2. The lowest BCUT2D eigenvalue weighted by Crippen LogP contribution is -2.58. The maximum Gasteiger partial charge on any atom is 0.393 e. The summed E-state index contributed by atoms with van der Waals surface area (Å²) in [6.07, 6.45) is -4.82. The Kier molecular flexibility index (Phi) is 8.34. The number of nitrogens with one attached hydrogen (secondary N) is 2. The molecule has 208 valence electrons. The molecule has 1 aromatic heterocycles. The molecule has 38 heavy (non-hydrogen) atoms. The van der Waals surface area contributed by atoms with Crippen LogP contribution < -0.4 is 10.9 Å². The predicted octanol–water partition coefficient (Wildman–Crippen LogP) is 2.24. The van der Waals surface area contributed by atoms with Crippen LogP contribution in [0.25, 0.3) is 0 Å². The standard InChI is InChI=1S/C24H28ClF4N5O4/c1-12-18(25)17(19(26)22(36)31-12)21(35)32-14-2-3-34(11-14)20-15(23(37)33-4-6-38-7-5-33)8-13(10-30)9-16(20)24(27,28)29/h13-16,20H,2-9,11H2,1H3,(H,31,36)(H,32,35)/t13?,14-,15?,16?,20?/m1/s1. The van der Waals surface area contributed by atoms with Crippen molar-refractivity contribution in [3.63, 3.8) is 0 Å². The summed E-state index contributed by atoms with van der Waals surface area (Å²) in [5.41, 5.74) is -1.64. The second-order valence-corrected chi connectivity index (χ2v) is 10.4. The van der Waals surface area contributed by atoms with Gasteiger partial charge in [0.05, 0.1) is 36.1 Å². The first kappa shape index (κ1) is 28.3. The van der Waals surface area contributed by atoms with E-state index in [0.29, 0.717) is 0 Å². The van der Waals surface area contributed by atoms with Gasteiger partial charge in [0, 0.05) is 49.9 Å². The van der Waals surface area contributed by atoms with Gasteiger partial charge in [-0.3, -0.25) is 19.3 Å². The third-order valence-electron chi connectivity index (χ3n) is 7.62. The fourth-order valence-electron chi connectivity index (χ4n) is 5.79. The molecule has 2 saturated heterocycles. The number of H-pyrrole nitrogens is 1. The van der Waals surface area contributed by atoms with E-state index in [1.807, 2.05) is 6.07 Å². The zero-order chi connectivity index (χ0) is 27.8. The van der Waals surface area contributed by atoms with Crippen molar-refractivity contribution < 1.29 is 31.9 Å². The summed E-state index contributed by atoms with van der Waals surface area (Å²) in [4.78, 5) is 43.3. The minimum atomic E-state index is -4.65. The van der Waals surface area contributed by atoms with Crippen molar-refractivity contribution in [2.45, 2.75) is 44.4 Å². The molecule has 1 saturated carbocycles. The summed E-state index contributed by atoms with van der Waals surface area (Å²) in [7, 11) is 0. The van der Waals surface area contributed by atoms with Crippen molar-refractivity contribution in [3.8, 4) is 6.07 Å². The third kappa shape index (κ3) is 5.67. The van der Waals surface area contributed by atoms with E-state index in [1.165, 1.54) is 11.8 Å². The first-order chi connectivity index (χ1) is 17.9. The molecule has 2 N–H and O–H groups in total. The number of nitriles is 1. The van der Waals surface area contributed by atoms with Crippen LogP contribution >= 0.6 is 11.6 Å². The van der Waals surface area contributed by atoms with Gasteiger partial charge in [-0.25, -0.2) is 0 Å². The van der Waals surface area contributed by atoms with Crippen LogP contribution in [0, 0.1) is 41.8 Å². The van der Waals surface area contributed by atoms with Crippen LogP contribution in [0.1, 0.15) is 35.3 Å². The summed E-state index contributed by atoms with van der Waals surface area (Å²) in [5.74, 6) is -6.63. The lowest BCUT2D eigenvalue weighted by Gasteiger charge is -2.46. The highest BCUT2D eigenvalue weighted by atomic mass is 35.5. The van der Waals surface area contributed by atoms with Gasteiger partial charge in [0.25, 0.3) is 11.5 Å². The van der Waals surface area contributed by atoms with Gasteiger partial charge < -0.3 is 19.9 Å². The number of carbonyl (C=O) groups is 2. The average Bonchev–Trinajstić information content (AvgIpc) is 3.34. The van der Waals surface area contributed by atoms with Crippen molar-refractivity contribution in [1.29, 1.82) is 5.26 Å². The monoisotopic (exact) mass is 561 g/mol. The van der Waals surface area contributed by atoms with E-state index in [0.717, 1.165) is 0 Å². The van der Waals surface area contributed by atoms with Gasteiger partial charge in [0.1, 0.15) is 5.56 Å². The smallest absolute Gasteiger partial charge is 0.378 e. The number of rotatable bonds is 4. The Labute approximate surface area is 221 Å². The number of aromatic amines is 1. The zero-order valence-corrected chi connectivity index (χ0v) is 21.4. The van der Waals surface area contributed by atoms with Crippen LogP contribution in [0.2, 0.25) is 5.02 Å². The maximum atomic E-state index is 14.4. The zero-order valence-electron chi connectivity index (χ0n) is 20.6. The number of halogens is 5. The van der Waals surface area contributed by atoms with E-state index < -0.39 is 71.2 Å². The molecule has 9 nitrogen and oxygen atoms in total. The first-order valence-electron chi connectivity index (χ1n) is 12.4. The molecule has 0 bridgehead atoms. The molecule has 1 aliphatic carbocycles. The molecule has 0 spiro atoms. The summed E-state index contributed by atoms with van der Waals surface area (Å²) in [6.45, 7) is 2.62. The molecule has 5 atom stereocenters. The lowest BCUT2D eigenvalue weighted by molar-refractivity contribution is -0.209. The molecule has 0 aromatic carbocycles. The molecule has 4 unspecified atom stereocenters. The van der Waals surface area contributed by atoms with Crippen LogP contribution in [0.3, 0.4) is 0 Å². The molecular weight excluding hydrogens is 534 g/mol. The number of hydrogen-bond donors (Lipinski definition) is 2. The molecule has 14 heteroatoms. The lowest BCUT2D eigenvalue weighted by atomic mass is 9.70. The van der Waals surface area contributed by atoms with E-state index >= 15 is 0 Å². The average molecular weight is 562 g/mol. The van der Waals surface area contributed by atoms with Crippen molar-refractivity contribution >= 4 is 23.4 Å². The fraction of sp³-hybridized carbons (Fsp3) is 0.667. The number of ether oxygens (including phenoxy) is 1. The molecule has 0 radical (unpaired) electrons. The Hall–Kier alpha value is -2.69. The Bertz CT molecular complexity index is 1180. The second-order valence-electron chi connectivity index (χ2n) is 10.0. The summed E-state index contributed by atoms with van der Waals surface area (Å²) in [6, 6.07) is 0.0400. The number of nitrogens with zero attached hydrogens (tertiary/aromatic N) is 3. The van der Waals surface area contributed by atoms with Crippen LogP contribution in [0.4, 0.5) is 17.6 Å². The number of amides is 2. The van der Waals surface area contributed by atoms with E-state index in [-0.39, 0.29) is 63.0 Å². The van der Waals surface area contributed by atoms with Crippen molar-refractivity contribution in [2.24, 2.45) is 17.8 Å². The van der Waals surface area contributed by atoms with Gasteiger partial charge in [0.2, 0.25) is 11.7 Å². The van der Waals surface area contributed by atoms with Gasteiger partial charge >= 0.3 is 6.18 Å². The van der Waals surface area contributed by atoms with Gasteiger partial charge in [-0.1, -0.05) is 11.6 Å². The van der Waals surface area contributed by atoms with Crippen molar-refractivity contribution in [3.05, 3.63) is 32.5 Å². The number of aryl methyl sites for hydroxylation is 1. The van der Waals surface area contributed by atoms with E-state index in [9.17, 15) is 37.2 Å². The first-order valence-corrected chi connectivity index (χ1v) is 12.8. The van der Waals surface area contributed by atoms with Gasteiger partial charge in [-0.05, 0) is 26.2 Å². The van der Waals surface area contributed by atoms with E-state index in [4.69, 9.17) is 16.3 Å². The molecule has 4 rings (SSSR count). The van der Waals surface area contributed by atoms with Gasteiger partial charge in [-0.2, -0.15) is 22.8 Å². The summed E-state index contributed by atoms with van der Waals surface area (Å²) in [5, 5.41) is 11.8. The van der Waals surface area contributed by atoms with Crippen molar-refractivity contribution in [1.82, 2.24) is 20.1 Å². The summed E-state index contributed by atoms with van der Waals surface area (Å²) < 4.78 is 62.5. The van der Waals surface area contributed by atoms with Gasteiger partial charge in [0.15, 0.2) is 0 Å². The largest absolute Gasteiger partial charge is 0.393 e. The second kappa shape index (κ2) is 11.2. The number of likely N-dealkylation sites (tertiary alicyclic amines) is 1. The van der Waals surface area contributed by atoms with E-state index in [1.54, 1.807) is 4.90 Å². The molecule has 2 amide bonds. The molecule has 3 heterocycles. The predicted molar refractivity (Wildman–Crippen MR) is 127 cm³/mol. The minimum Gasteiger partial charge on any atom is -0.378 e. The van der Waals surface area contributed by atoms with Crippen LogP contribution in [0.5, 0.6) is 0 Å². The Morgan fingerprint density at radius 2 is 1.89 bits per heavy atom. The third-order valence-corrected chi connectivity index (χ3v) is 8.09. The highest BCUT2D eigenvalue weighted by Crippen LogP contribution is 2.46. The number of pyridine rings is 1. The Morgan fingerprint density at radius 3 is 2.53 bits per heavy atom. The normalized spacial score (nSPS) is 28.7. The quantitative estimate of drug-likeness (QED) is 0.544. The highest BCUT2D eigenvalue weighted by Gasteiger charge is 2.56. The molecule has 1 aromatic rings. The number of aromatic nitrogens is 1. The molecule has 2 aliphatic heterocycles. The van der Waals surface area contributed by atoms with Crippen LogP contribution in [-0.2, 0) is 9.53 Å². The van der Waals surface area contributed by atoms with Crippen molar-refractivity contribution in [2.75, 3.05) is 39.4 Å². The SMILES string of the molecule is Cc1[nH]c(=O)c(F)c(C(=O)N[C@@H]2CCN(C3C(C(=O)N4CCOCC4)CC(C#N)CC3C(F)(F)F)C2)c1Cl. The number of alkyl halides is 3. The van der Waals surface area contributed by atoms with Gasteiger partial charge in [-0.15, -0.1) is 0 Å². The minimum absolute atomic E-state index is 0.00432. The topological polar surface area (TPSA) is 119 Å². The fourth-order valence-corrected chi connectivity index (χ4v) is 6.00.